The topological polar surface area (TPSA) is 98.7 Å². The molecule has 110 valence electrons. The standard InChI is InChI=1S/C13H24N2O4/c1-2-9(7-12(17)18)8-14-13(19)15-10-5-3-4-6-11(10)16/h9-11,16H,2-8H2,1H3,(H,17,18)(H2,14,15,19). The highest BCUT2D eigenvalue weighted by atomic mass is 16.4. The van der Waals surface area contributed by atoms with Crippen molar-refractivity contribution in [3.63, 3.8) is 0 Å². The number of amides is 2. The fraction of sp³-hybridized carbons (Fsp3) is 0.846. The molecule has 19 heavy (non-hydrogen) atoms. The van der Waals surface area contributed by atoms with E-state index in [0.29, 0.717) is 13.0 Å². The summed E-state index contributed by atoms with van der Waals surface area (Å²) in [4.78, 5) is 22.3. The molecule has 0 aromatic heterocycles. The lowest BCUT2D eigenvalue weighted by Gasteiger charge is -2.28. The number of carbonyl (C=O) groups excluding carboxylic acids is 1. The first-order chi connectivity index (χ1) is 9.02. The highest BCUT2D eigenvalue weighted by Crippen LogP contribution is 2.18. The van der Waals surface area contributed by atoms with Gasteiger partial charge >= 0.3 is 12.0 Å². The van der Waals surface area contributed by atoms with E-state index in [0.717, 1.165) is 25.7 Å². The number of urea groups is 1. The van der Waals surface area contributed by atoms with Crippen LogP contribution in [-0.4, -0.2) is 40.9 Å². The molecule has 0 aromatic rings. The van der Waals surface area contributed by atoms with Gasteiger partial charge in [-0.1, -0.05) is 26.2 Å². The minimum atomic E-state index is -0.850. The number of aliphatic hydroxyl groups is 1. The number of hydrogen-bond acceptors (Lipinski definition) is 3. The van der Waals surface area contributed by atoms with E-state index < -0.39 is 12.1 Å². The molecule has 0 bridgehead atoms. The van der Waals surface area contributed by atoms with E-state index in [1.165, 1.54) is 0 Å². The predicted octanol–water partition coefficient (Wildman–Crippen LogP) is 1.09. The van der Waals surface area contributed by atoms with E-state index in [2.05, 4.69) is 10.6 Å². The monoisotopic (exact) mass is 272 g/mol. The second-order valence-electron chi connectivity index (χ2n) is 5.18. The smallest absolute Gasteiger partial charge is 0.315 e. The average Bonchev–Trinajstić information content (AvgIpc) is 2.37. The zero-order valence-electron chi connectivity index (χ0n) is 11.4. The molecule has 0 aromatic carbocycles. The first-order valence-electron chi connectivity index (χ1n) is 6.97. The van der Waals surface area contributed by atoms with Gasteiger partial charge in [0, 0.05) is 13.0 Å². The Hall–Kier alpha value is -1.30. The summed E-state index contributed by atoms with van der Waals surface area (Å²) in [7, 11) is 0. The third-order valence-electron chi connectivity index (χ3n) is 3.64. The minimum absolute atomic E-state index is 0.0560. The summed E-state index contributed by atoms with van der Waals surface area (Å²) in [6.07, 6.45) is 3.82. The van der Waals surface area contributed by atoms with Crippen molar-refractivity contribution in [2.24, 2.45) is 5.92 Å². The molecule has 1 fully saturated rings. The van der Waals surface area contributed by atoms with Crippen molar-refractivity contribution in [1.29, 1.82) is 0 Å². The van der Waals surface area contributed by atoms with Gasteiger partial charge in [-0.05, 0) is 18.8 Å². The second-order valence-corrected chi connectivity index (χ2v) is 5.18. The molecule has 3 atom stereocenters. The molecule has 4 N–H and O–H groups in total. The quantitative estimate of drug-likeness (QED) is 0.581. The lowest BCUT2D eigenvalue weighted by molar-refractivity contribution is -0.138. The molecular weight excluding hydrogens is 248 g/mol. The van der Waals surface area contributed by atoms with Crippen LogP contribution in [0.4, 0.5) is 4.79 Å². The van der Waals surface area contributed by atoms with Crippen molar-refractivity contribution in [3.8, 4) is 0 Å². The van der Waals surface area contributed by atoms with E-state index in [-0.39, 0.29) is 24.4 Å². The highest BCUT2D eigenvalue weighted by molar-refractivity contribution is 5.74. The Balaban J connectivity index is 2.28. The van der Waals surface area contributed by atoms with Crippen molar-refractivity contribution in [2.45, 2.75) is 57.6 Å². The molecule has 1 saturated carbocycles. The van der Waals surface area contributed by atoms with Gasteiger partial charge in [-0.3, -0.25) is 4.79 Å². The largest absolute Gasteiger partial charge is 0.481 e. The number of carbonyl (C=O) groups is 2. The Labute approximate surface area is 113 Å². The zero-order valence-corrected chi connectivity index (χ0v) is 11.4. The second kappa shape index (κ2) is 7.99. The summed E-state index contributed by atoms with van der Waals surface area (Å²) >= 11 is 0. The van der Waals surface area contributed by atoms with Gasteiger partial charge in [0.1, 0.15) is 0 Å². The molecule has 0 aliphatic heterocycles. The SMILES string of the molecule is CCC(CNC(=O)NC1CCCCC1O)CC(=O)O. The number of aliphatic carboxylic acids is 1. The first kappa shape index (κ1) is 15.8. The van der Waals surface area contributed by atoms with Gasteiger partial charge in [-0.15, -0.1) is 0 Å². The van der Waals surface area contributed by atoms with E-state index in [1.54, 1.807) is 0 Å². The Bertz CT molecular complexity index is 309. The van der Waals surface area contributed by atoms with Crippen molar-refractivity contribution in [2.75, 3.05) is 6.54 Å². The van der Waals surface area contributed by atoms with Crippen LogP contribution < -0.4 is 10.6 Å². The molecule has 0 radical (unpaired) electrons. The third kappa shape index (κ3) is 5.92. The molecular formula is C13H24N2O4. The molecule has 1 rings (SSSR count). The zero-order chi connectivity index (χ0) is 14.3. The maximum atomic E-state index is 11.7. The lowest BCUT2D eigenvalue weighted by atomic mass is 9.93. The number of aliphatic hydroxyl groups excluding tert-OH is 1. The maximum Gasteiger partial charge on any atom is 0.315 e. The summed E-state index contributed by atoms with van der Waals surface area (Å²) in [6, 6.07) is -0.511. The summed E-state index contributed by atoms with van der Waals surface area (Å²) in [5, 5.41) is 23.9. The van der Waals surface area contributed by atoms with Crippen LogP contribution in [0.15, 0.2) is 0 Å². The van der Waals surface area contributed by atoms with Gasteiger partial charge in [0.25, 0.3) is 0 Å². The fourth-order valence-electron chi connectivity index (χ4n) is 2.34. The van der Waals surface area contributed by atoms with Crippen molar-refractivity contribution >= 4 is 12.0 Å². The maximum absolute atomic E-state index is 11.7. The van der Waals surface area contributed by atoms with Gasteiger partial charge < -0.3 is 20.8 Å². The minimum Gasteiger partial charge on any atom is -0.481 e. The normalized spacial score (nSPS) is 24.5. The van der Waals surface area contributed by atoms with Crippen LogP contribution in [-0.2, 0) is 4.79 Å². The molecule has 3 unspecified atom stereocenters. The van der Waals surface area contributed by atoms with Crippen molar-refractivity contribution in [1.82, 2.24) is 10.6 Å². The molecule has 2 amide bonds. The van der Waals surface area contributed by atoms with E-state index >= 15 is 0 Å². The van der Waals surface area contributed by atoms with Gasteiger partial charge in [0.15, 0.2) is 0 Å². The molecule has 0 spiro atoms. The van der Waals surface area contributed by atoms with Crippen LogP contribution in [0.1, 0.15) is 45.4 Å². The van der Waals surface area contributed by atoms with E-state index in [1.807, 2.05) is 6.92 Å². The Morgan fingerprint density at radius 2 is 2.00 bits per heavy atom. The van der Waals surface area contributed by atoms with Gasteiger partial charge in [-0.25, -0.2) is 4.79 Å². The molecule has 1 aliphatic carbocycles. The van der Waals surface area contributed by atoms with E-state index in [9.17, 15) is 14.7 Å². The Morgan fingerprint density at radius 3 is 2.58 bits per heavy atom. The first-order valence-corrected chi connectivity index (χ1v) is 6.97. The molecule has 1 aliphatic rings. The van der Waals surface area contributed by atoms with Crippen LogP contribution in [0, 0.1) is 5.92 Å². The molecule has 6 heteroatoms. The highest BCUT2D eigenvalue weighted by Gasteiger charge is 2.24. The number of carboxylic acid groups (broad SMARTS) is 1. The van der Waals surface area contributed by atoms with E-state index in [4.69, 9.17) is 5.11 Å². The number of nitrogens with one attached hydrogen (secondary N) is 2. The molecule has 6 nitrogen and oxygen atoms in total. The Morgan fingerprint density at radius 1 is 1.32 bits per heavy atom. The van der Waals surface area contributed by atoms with Crippen LogP contribution in [0.5, 0.6) is 0 Å². The van der Waals surface area contributed by atoms with Crippen molar-refractivity contribution in [3.05, 3.63) is 0 Å². The van der Waals surface area contributed by atoms with Crippen LogP contribution in [0.3, 0.4) is 0 Å². The average molecular weight is 272 g/mol. The summed E-state index contributed by atoms with van der Waals surface area (Å²) in [5.41, 5.74) is 0. The van der Waals surface area contributed by atoms with Gasteiger partial charge in [0.2, 0.25) is 0 Å². The van der Waals surface area contributed by atoms with Crippen molar-refractivity contribution < 1.29 is 19.8 Å². The van der Waals surface area contributed by atoms with Crippen LogP contribution in [0.25, 0.3) is 0 Å². The predicted molar refractivity (Wildman–Crippen MR) is 70.8 cm³/mol. The summed E-state index contributed by atoms with van der Waals surface area (Å²) in [5.74, 6) is -0.906. The fourth-order valence-corrected chi connectivity index (χ4v) is 2.34. The number of rotatable bonds is 6. The molecule has 0 heterocycles. The Kier molecular flexibility index (Phi) is 6.62. The molecule has 0 saturated heterocycles. The number of carboxylic acids is 1. The third-order valence-corrected chi connectivity index (χ3v) is 3.64. The summed E-state index contributed by atoms with van der Waals surface area (Å²) in [6.45, 7) is 2.25. The van der Waals surface area contributed by atoms with Gasteiger partial charge in [0.05, 0.1) is 12.1 Å². The summed E-state index contributed by atoms with van der Waals surface area (Å²) < 4.78 is 0. The lowest BCUT2D eigenvalue weighted by Crippen LogP contribution is -2.49. The number of hydrogen-bond donors (Lipinski definition) is 4. The van der Waals surface area contributed by atoms with Crippen LogP contribution in [0.2, 0.25) is 0 Å². The van der Waals surface area contributed by atoms with Crippen LogP contribution >= 0.6 is 0 Å². The van der Waals surface area contributed by atoms with Gasteiger partial charge in [-0.2, -0.15) is 0 Å².